The number of guanidine groups is 1. The molecule has 0 spiro atoms. The quantitative estimate of drug-likeness (QED) is 0.181. The first-order valence-corrected chi connectivity index (χ1v) is 8.72. The average Bonchev–Trinajstić information content (AvgIpc) is 3.01. The lowest BCUT2D eigenvalue weighted by atomic mass is 10.1. The number of H-pyrrole nitrogens is 1. The minimum Gasteiger partial charge on any atom is -0.469 e. The van der Waals surface area contributed by atoms with Gasteiger partial charge in [0.25, 0.3) is 0 Å². The number of unbranched alkanes of at least 4 members (excludes halogenated alkanes) is 1. The number of carbonyl (C=O) groups is 1. The number of aliphatic imine (C=N–C) groups is 1. The lowest BCUT2D eigenvalue weighted by Crippen LogP contribution is -2.38. The van der Waals surface area contributed by atoms with Crippen LogP contribution in [0.2, 0.25) is 0 Å². The molecular weight excluding hydrogens is 443 g/mol. The van der Waals surface area contributed by atoms with Crippen molar-refractivity contribution in [2.45, 2.75) is 32.6 Å². The van der Waals surface area contributed by atoms with E-state index in [1.165, 1.54) is 29.1 Å². The number of benzene rings is 1. The summed E-state index contributed by atoms with van der Waals surface area (Å²) < 4.78 is 4.63. The summed E-state index contributed by atoms with van der Waals surface area (Å²) in [5.74, 6) is 0.630. The SMILES string of the molecule is CN=C(NCCCCC(=O)OC)NCCc1c[nH]c2cc(C)ccc12.I. The van der Waals surface area contributed by atoms with Gasteiger partial charge < -0.3 is 20.4 Å². The average molecular weight is 472 g/mol. The zero-order valence-electron chi connectivity index (χ0n) is 15.7. The van der Waals surface area contributed by atoms with Crippen molar-refractivity contribution in [2.24, 2.45) is 4.99 Å². The lowest BCUT2D eigenvalue weighted by molar-refractivity contribution is -0.140. The molecule has 7 heteroatoms. The van der Waals surface area contributed by atoms with E-state index in [2.05, 4.69) is 56.7 Å². The van der Waals surface area contributed by atoms with E-state index in [4.69, 9.17) is 0 Å². The van der Waals surface area contributed by atoms with Crippen molar-refractivity contribution < 1.29 is 9.53 Å². The number of halogens is 1. The van der Waals surface area contributed by atoms with Crippen molar-refractivity contribution in [2.75, 3.05) is 27.2 Å². The number of methoxy groups -OCH3 is 1. The van der Waals surface area contributed by atoms with Gasteiger partial charge in [-0.05, 0) is 43.4 Å². The molecule has 1 aromatic carbocycles. The summed E-state index contributed by atoms with van der Waals surface area (Å²) in [7, 11) is 3.18. The highest BCUT2D eigenvalue weighted by Crippen LogP contribution is 2.19. The molecule has 0 unspecified atom stereocenters. The molecular formula is C19H29IN4O2. The van der Waals surface area contributed by atoms with Crippen molar-refractivity contribution in [3.63, 3.8) is 0 Å². The standard InChI is InChI=1S/C19H28N4O2.HI/c1-14-7-8-16-15(13-23-17(16)12-14)9-11-22-19(20-2)21-10-5-4-6-18(24)25-3;/h7-8,12-13,23H,4-6,9-11H2,1-3H3,(H2,20,21,22);1H. The Balaban J connectivity index is 0.00000338. The van der Waals surface area contributed by atoms with E-state index in [0.29, 0.717) is 6.42 Å². The van der Waals surface area contributed by atoms with E-state index < -0.39 is 0 Å². The third kappa shape index (κ3) is 6.86. The number of hydrogen-bond donors (Lipinski definition) is 3. The molecule has 6 nitrogen and oxygen atoms in total. The van der Waals surface area contributed by atoms with Crippen LogP contribution in [0.1, 0.15) is 30.4 Å². The Kier molecular flexibility index (Phi) is 10.1. The van der Waals surface area contributed by atoms with Crippen LogP contribution in [0.5, 0.6) is 0 Å². The maximum absolute atomic E-state index is 11.0. The number of rotatable bonds is 8. The predicted molar refractivity (Wildman–Crippen MR) is 117 cm³/mol. The number of aromatic amines is 1. The Labute approximate surface area is 172 Å². The molecule has 2 rings (SSSR count). The van der Waals surface area contributed by atoms with Gasteiger partial charge in [-0.1, -0.05) is 12.1 Å². The molecule has 1 heterocycles. The Hall–Kier alpha value is -1.77. The first kappa shape index (κ1) is 22.3. The van der Waals surface area contributed by atoms with Gasteiger partial charge in [-0.2, -0.15) is 0 Å². The second-order valence-corrected chi connectivity index (χ2v) is 6.07. The molecule has 0 radical (unpaired) electrons. The third-order valence-corrected chi connectivity index (χ3v) is 4.16. The second kappa shape index (κ2) is 11.8. The summed E-state index contributed by atoms with van der Waals surface area (Å²) >= 11 is 0. The fraction of sp³-hybridized carbons (Fsp3) is 0.474. The predicted octanol–water partition coefficient (Wildman–Crippen LogP) is 3.15. The normalized spacial score (nSPS) is 11.1. The molecule has 0 aliphatic carbocycles. The van der Waals surface area contributed by atoms with Gasteiger partial charge in [0.1, 0.15) is 0 Å². The Morgan fingerprint density at radius 1 is 1.23 bits per heavy atom. The number of aryl methyl sites for hydroxylation is 1. The van der Waals surface area contributed by atoms with Crippen LogP contribution in [0.15, 0.2) is 29.4 Å². The molecule has 3 N–H and O–H groups in total. The number of ether oxygens (including phenoxy) is 1. The fourth-order valence-electron chi connectivity index (χ4n) is 2.75. The van der Waals surface area contributed by atoms with Crippen LogP contribution in [-0.4, -0.2) is 44.2 Å². The monoisotopic (exact) mass is 472 g/mol. The van der Waals surface area contributed by atoms with Crippen molar-refractivity contribution in [3.05, 3.63) is 35.5 Å². The Morgan fingerprint density at radius 2 is 2.00 bits per heavy atom. The van der Waals surface area contributed by atoms with Crippen LogP contribution < -0.4 is 10.6 Å². The van der Waals surface area contributed by atoms with Crippen LogP contribution in [0.4, 0.5) is 0 Å². The van der Waals surface area contributed by atoms with Gasteiger partial charge in [-0.25, -0.2) is 0 Å². The largest absolute Gasteiger partial charge is 0.469 e. The van der Waals surface area contributed by atoms with Gasteiger partial charge in [0.2, 0.25) is 0 Å². The molecule has 1 aromatic heterocycles. The highest BCUT2D eigenvalue weighted by molar-refractivity contribution is 14.0. The molecule has 0 amide bonds. The van der Waals surface area contributed by atoms with Gasteiger partial charge in [-0.15, -0.1) is 24.0 Å². The maximum atomic E-state index is 11.0. The van der Waals surface area contributed by atoms with Gasteiger partial charge >= 0.3 is 5.97 Å². The van der Waals surface area contributed by atoms with Gasteiger partial charge in [0.15, 0.2) is 5.96 Å². The number of carbonyl (C=O) groups excluding carboxylic acids is 1. The molecule has 0 aliphatic heterocycles. The molecule has 0 aliphatic rings. The van der Waals surface area contributed by atoms with E-state index >= 15 is 0 Å². The van der Waals surface area contributed by atoms with Crippen LogP contribution in [0.3, 0.4) is 0 Å². The van der Waals surface area contributed by atoms with E-state index in [1.807, 2.05) is 0 Å². The number of fused-ring (bicyclic) bond motifs is 1. The van der Waals surface area contributed by atoms with Crippen LogP contribution in [-0.2, 0) is 16.0 Å². The van der Waals surface area contributed by atoms with Gasteiger partial charge in [-0.3, -0.25) is 9.79 Å². The van der Waals surface area contributed by atoms with E-state index in [9.17, 15) is 4.79 Å². The molecule has 144 valence electrons. The van der Waals surface area contributed by atoms with Crippen LogP contribution >= 0.6 is 24.0 Å². The van der Waals surface area contributed by atoms with E-state index in [1.54, 1.807) is 7.05 Å². The van der Waals surface area contributed by atoms with Crippen molar-refractivity contribution in [1.29, 1.82) is 0 Å². The molecule has 0 saturated heterocycles. The highest BCUT2D eigenvalue weighted by Gasteiger charge is 2.04. The van der Waals surface area contributed by atoms with Crippen molar-refractivity contribution >= 4 is 46.8 Å². The zero-order chi connectivity index (χ0) is 18.1. The van der Waals surface area contributed by atoms with Gasteiger partial charge in [0.05, 0.1) is 7.11 Å². The van der Waals surface area contributed by atoms with E-state index in [0.717, 1.165) is 38.3 Å². The Morgan fingerprint density at radius 3 is 2.73 bits per heavy atom. The first-order valence-electron chi connectivity index (χ1n) is 8.72. The highest BCUT2D eigenvalue weighted by atomic mass is 127. The third-order valence-electron chi connectivity index (χ3n) is 4.16. The summed E-state index contributed by atoms with van der Waals surface area (Å²) in [6, 6.07) is 6.48. The van der Waals surface area contributed by atoms with Crippen LogP contribution in [0, 0.1) is 6.92 Å². The summed E-state index contributed by atoms with van der Waals surface area (Å²) in [5, 5.41) is 7.87. The molecule has 0 fully saturated rings. The summed E-state index contributed by atoms with van der Waals surface area (Å²) in [5.41, 5.74) is 3.75. The molecule has 0 bridgehead atoms. The number of nitrogens with one attached hydrogen (secondary N) is 3. The van der Waals surface area contributed by atoms with E-state index in [-0.39, 0.29) is 29.9 Å². The van der Waals surface area contributed by atoms with Gasteiger partial charge in [0, 0.05) is 43.7 Å². The molecule has 0 atom stereocenters. The summed E-state index contributed by atoms with van der Waals surface area (Å²) in [4.78, 5) is 18.6. The zero-order valence-corrected chi connectivity index (χ0v) is 18.1. The number of nitrogens with zero attached hydrogens (tertiary/aromatic N) is 1. The minimum atomic E-state index is -0.156. The number of hydrogen-bond acceptors (Lipinski definition) is 3. The topological polar surface area (TPSA) is 78.5 Å². The minimum absolute atomic E-state index is 0. The molecule has 2 aromatic rings. The maximum Gasteiger partial charge on any atom is 0.305 e. The Bertz CT molecular complexity index is 727. The van der Waals surface area contributed by atoms with Crippen LogP contribution in [0.25, 0.3) is 10.9 Å². The summed E-state index contributed by atoms with van der Waals surface area (Å²) in [6.07, 6.45) is 5.17. The lowest BCUT2D eigenvalue weighted by Gasteiger charge is -2.11. The first-order chi connectivity index (χ1) is 12.1. The smallest absolute Gasteiger partial charge is 0.305 e. The van der Waals surface area contributed by atoms with Crippen molar-refractivity contribution in [1.82, 2.24) is 15.6 Å². The van der Waals surface area contributed by atoms with Crippen molar-refractivity contribution in [3.8, 4) is 0 Å². The fourth-order valence-corrected chi connectivity index (χ4v) is 2.75. The summed E-state index contributed by atoms with van der Waals surface area (Å²) in [6.45, 7) is 3.69. The number of esters is 1. The molecule has 26 heavy (non-hydrogen) atoms. The second-order valence-electron chi connectivity index (χ2n) is 6.07. The number of aromatic nitrogens is 1. The molecule has 0 saturated carbocycles.